The van der Waals surface area contributed by atoms with Crippen LogP contribution in [0.4, 0.5) is 11.4 Å². The molecule has 156 valence electrons. The maximum Gasteiger partial charge on any atom is 0.255 e. The lowest BCUT2D eigenvalue weighted by Crippen LogP contribution is -2.33. The van der Waals surface area contributed by atoms with Gasteiger partial charge in [-0.15, -0.1) is 0 Å². The van der Waals surface area contributed by atoms with Gasteiger partial charge in [0.15, 0.2) is 0 Å². The fourth-order valence-corrected chi connectivity index (χ4v) is 4.06. The van der Waals surface area contributed by atoms with Gasteiger partial charge in [-0.05, 0) is 61.0 Å². The van der Waals surface area contributed by atoms with E-state index in [4.69, 9.17) is 9.72 Å². The molecule has 31 heavy (non-hydrogen) atoms. The summed E-state index contributed by atoms with van der Waals surface area (Å²) in [5, 5.41) is 3.06. The Kier molecular flexibility index (Phi) is 4.82. The molecule has 0 saturated carbocycles. The number of amides is 1. The van der Waals surface area contributed by atoms with Crippen molar-refractivity contribution in [1.82, 2.24) is 9.55 Å². The standard InChI is InChI=1S/C25H24N4O2/c1-17-7-10-19(15-22(17)27-25(30)18-8-11-20(31-2)12-9-18)28-13-14-29-23-6-4-3-5-21(23)26-24(29)16-28/h3-12,15H,13-14,16H2,1-2H3,(H,27,30). The Morgan fingerprint density at radius 1 is 1.03 bits per heavy atom. The number of fused-ring (bicyclic) bond motifs is 3. The number of para-hydroxylation sites is 2. The molecule has 0 aliphatic carbocycles. The molecule has 0 bridgehead atoms. The Balaban J connectivity index is 1.37. The SMILES string of the molecule is COc1ccc(C(=O)Nc2cc(N3CCn4c(nc5ccccc54)C3)ccc2C)cc1. The Bertz CT molecular complexity index is 1260. The first-order valence-corrected chi connectivity index (χ1v) is 10.4. The van der Waals surface area contributed by atoms with Gasteiger partial charge < -0.3 is 19.5 Å². The Morgan fingerprint density at radius 2 is 1.84 bits per heavy atom. The highest BCUT2D eigenvalue weighted by Crippen LogP contribution is 2.28. The lowest BCUT2D eigenvalue weighted by molar-refractivity contribution is 0.102. The molecule has 2 heterocycles. The van der Waals surface area contributed by atoms with Crippen molar-refractivity contribution in [3.05, 3.63) is 83.7 Å². The van der Waals surface area contributed by atoms with Gasteiger partial charge in [-0.2, -0.15) is 0 Å². The van der Waals surface area contributed by atoms with E-state index in [-0.39, 0.29) is 5.91 Å². The maximum atomic E-state index is 12.7. The highest BCUT2D eigenvalue weighted by Gasteiger charge is 2.21. The van der Waals surface area contributed by atoms with E-state index in [9.17, 15) is 4.79 Å². The molecular weight excluding hydrogens is 388 g/mol. The van der Waals surface area contributed by atoms with E-state index < -0.39 is 0 Å². The monoisotopic (exact) mass is 412 g/mol. The van der Waals surface area contributed by atoms with Gasteiger partial charge in [-0.25, -0.2) is 4.98 Å². The predicted molar refractivity (Wildman–Crippen MR) is 123 cm³/mol. The number of benzene rings is 3. The number of ether oxygens (including phenoxy) is 1. The Morgan fingerprint density at radius 3 is 2.65 bits per heavy atom. The molecular formula is C25H24N4O2. The van der Waals surface area contributed by atoms with Crippen LogP contribution in [-0.2, 0) is 13.1 Å². The van der Waals surface area contributed by atoms with Gasteiger partial charge in [-0.3, -0.25) is 4.79 Å². The molecule has 0 radical (unpaired) electrons. The van der Waals surface area contributed by atoms with Crippen LogP contribution in [0.5, 0.6) is 5.75 Å². The molecule has 1 aromatic heterocycles. The quantitative estimate of drug-likeness (QED) is 0.531. The van der Waals surface area contributed by atoms with Crippen LogP contribution in [0.25, 0.3) is 11.0 Å². The second-order valence-electron chi connectivity index (χ2n) is 7.77. The number of nitrogens with one attached hydrogen (secondary N) is 1. The van der Waals surface area contributed by atoms with Crippen molar-refractivity contribution in [3.63, 3.8) is 0 Å². The minimum atomic E-state index is -0.136. The van der Waals surface area contributed by atoms with Crippen LogP contribution in [0.2, 0.25) is 0 Å². The van der Waals surface area contributed by atoms with Crippen LogP contribution in [-0.4, -0.2) is 29.1 Å². The first-order chi connectivity index (χ1) is 15.1. The number of methoxy groups -OCH3 is 1. The summed E-state index contributed by atoms with van der Waals surface area (Å²) >= 11 is 0. The molecule has 3 aromatic carbocycles. The number of anilines is 2. The zero-order chi connectivity index (χ0) is 21.4. The van der Waals surface area contributed by atoms with Crippen molar-refractivity contribution < 1.29 is 9.53 Å². The largest absolute Gasteiger partial charge is 0.497 e. The summed E-state index contributed by atoms with van der Waals surface area (Å²) in [5.41, 5.74) is 5.74. The summed E-state index contributed by atoms with van der Waals surface area (Å²) < 4.78 is 7.47. The Hall–Kier alpha value is -3.80. The molecule has 6 heteroatoms. The third kappa shape index (κ3) is 3.61. The van der Waals surface area contributed by atoms with E-state index >= 15 is 0 Å². The number of carbonyl (C=O) groups is 1. The smallest absolute Gasteiger partial charge is 0.255 e. The van der Waals surface area contributed by atoms with Gasteiger partial charge in [0.1, 0.15) is 11.6 Å². The normalized spacial score (nSPS) is 13.2. The zero-order valence-electron chi connectivity index (χ0n) is 17.6. The Labute approximate surface area is 181 Å². The molecule has 0 atom stereocenters. The summed E-state index contributed by atoms with van der Waals surface area (Å²) in [4.78, 5) is 19.9. The van der Waals surface area contributed by atoms with Gasteiger partial charge in [0.05, 0.1) is 24.7 Å². The van der Waals surface area contributed by atoms with Crippen molar-refractivity contribution >= 4 is 28.3 Å². The molecule has 1 amide bonds. The number of hydrogen-bond donors (Lipinski definition) is 1. The van der Waals surface area contributed by atoms with Gasteiger partial charge in [0, 0.05) is 30.0 Å². The molecule has 6 nitrogen and oxygen atoms in total. The third-order valence-corrected chi connectivity index (χ3v) is 5.85. The van der Waals surface area contributed by atoms with E-state index in [0.29, 0.717) is 5.56 Å². The number of aromatic nitrogens is 2. The summed E-state index contributed by atoms with van der Waals surface area (Å²) in [6.45, 7) is 4.52. The predicted octanol–water partition coefficient (Wildman–Crippen LogP) is 4.63. The summed E-state index contributed by atoms with van der Waals surface area (Å²) in [5.74, 6) is 1.66. The summed E-state index contributed by atoms with van der Waals surface area (Å²) in [6, 6.07) is 21.6. The van der Waals surface area contributed by atoms with Crippen molar-refractivity contribution in [3.8, 4) is 5.75 Å². The molecule has 0 saturated heterocycles. The van der Waals surface area contributed by atoms with Crippen molar-refractivity contribution in [2.45, 2.75) is 20.0 Å². The van der Waals surface area contributed by atoms with Gasteiger partial charge in [0.2, 0.25) is 0 Å². The van der Waals surface area contributed by atoms with Crippen LogP contribution in [0.15, 0.2) is 66.7 Å². The number of carbonyl (C=O) groups excluding carboxylic acids is 1. The average Bonchev–Trinajstić information content (AvgIpc) is 3.18. The van der Waals surface area contributed by atoms with E-state index in [0.717, 1.165) is 53.7 Å². The fraction of sp³-hybridized carbons (Fsp3) is 0.200. The molecule has 1 aliphatic rings. The molecule has 1 aliphatic heterocycles. The first-order valence-electron chi connectivity index (χ1n) is 10.4. The number of nitrogens with zero attached hydrogens (tertiary/aromatic N) is 3. The first kappa shape index (κ1) is 19.2. The second-order valence-corrected chi connectivity index (χ2v) is 7.77. The lowest BCUT2D eigenvalue weighted by Gasteiger charge is -2.30. The van der Waals surface area contributed by atoms with Crippen molar-refractivity contribution in [1.29, 1.82) is 0 Å². The molecule has 0 unspecified atom stereocenters. The molecule has 5 rings (SSSR count). The second kappa shape index (κ2) is 7.80. The van der Waals surface area contributed by atoms with E-state index in [1.165, 1.54) is 5.52 Å². The minimum Gasteiger partial charge on any atom is -0.497 e. The van der Waals surface area contributed by atoms with Crippen LogP contribution in [0.3, 0.4) is 0 Å². The zero-order valence-corrected chi connectivity index (χ0v) is 17.6. The van der Waals surface area contributed by atoms with E-state index in [2.05, 4.69) is 51.2 Å². The molecule has 1 N–H and O–H groups in total. The fourth-order valence-electron chi connectivity index (χ4n) is 4.06. The van der Waals surface area contributed by atoms with Crippen LogP contribution < -0.4 is 15.0 Å². The van der Waals surface area contributed by atoms with Gasteiger partial charge >= 0.3 is 0 Å². The average molecular weight is 412 g/mol. The number of hydrogen-bond acceptors (Lipinski definition) is 4. The third-order valence-electron chi connectivity index (χ3n) is 5.85. The van der Waals surface area contributed by atoms with Gasteiger partial charge in [0.25, 0.3) is 5.91 Å². The van der Waals surface area contributed by atoms with E-state index in [1.54, 1.807) is 31.4 Å². The summed E-state index contributed by atoms with van der Waals surface area (Å²) in [7, 11) is 1.61. The van der Waals surface area contributed by atoms with Crippen LogP contribution in [0.1, 0.15) is 21.7 Å². The number of aryl methyl sites for hydroxylation is 1. The maximum absolute atomic E-state index is 12.7. The topological polar surface area (TPSA) is 59.4 Å². The van der Waals surface area contributed by atoms with Crippen LogP contribution >= 0.6 is 0 Å². The highest BCUT2D eigenvalue weighted by molar-refractivity contribution is 6.05. The van der Waals surface area contributed by atoms with E-state index in [1.807, 2.05) is 13.0 Å². The van der Waals surface area contributed by atoms with Crippen LogP contribution in [0, 0.1) is 6.92 Å². The molecule has 0 spiro atoms. The van der Waals surface area contributed by atoms with Crippen molar-refractivity contribution in [2.75, 3.05) is 23.9 Å². The lowest BCUT2D eigenvalue weighted by atomic mass is 10.1. The number of imidazole rings is 1. The molecule has 0 fully saturated rings. The van der Waals surface area contributed by atoms with Crippen molar-refractivity contribution in [2.24, 2.45) is 0 Å². The summed E-state index contributed by atoms with van der Waals surface area (Å²) in [6.07, 6.45) is 0. The minimum absolute atomic E-state index is 0.136. The molecule has 4 aromatic rings. The van der Waals surface area contributed by atoms with Gasteiger partial charge in [-0.1, -0.05) is 18.2 Å². The number of rotatable bonds is 4. The highest BCUT2D eigenvalue weighted by atomic mass is 16.5.